The van der Waals surface area contributed by atoms with Crippen LogP contribution in [0.15, 0.2) is 24.3 Å². The van der Waals surface area contributed by atoms with Crippen LogP contribution >= 0.6 is 0 Å². The molecule has 5 nitrogen and oxygen atoms in total. The molecule has 0 aliphatic rings. The number of hydrogen-bond acceptors (Lipinski definition) is 4. The van der Waals surface area contributed by atoms with Crippen LogP contribution in [-0.4, -0.2) is 61.8 Å². The summed E-state index contributed by atoms with van der Waals surface area (Å²) in [6, 6.07) is 7.56. The van der Waals surface area contributed by atoms with Gasteiger partial charge in [0.05, 0.1) is 5.60 Å². The molecule has 1 amide bonds. The predicted octanol–water partition coefficient (Wildman–Crippen LogP) is 1.58. The van der Waals surface area contributed by atoms with E-state index >= 15 is 0 Å². The molecule has 2 N–H and O–H groups in total. The highest BCUT2D eigenvalue weighted by molar-refractivity contribution is 5.94. The van der Waals surface area contributed by atoms with Crippen molar-refractivity contribution in [2.24, 2.45) is 0 Å². The molecule has 0 radical (unpaired) electrons. The summed E-state index contributed by atoms with van der Waals surface area (Å²) in [5.41, 5.74) is 0.776. The van der Waals surface area contributed by atoms with Crippen LogP contribution in [0.25, 0.3) is 0 Å². The van der Waals surface area contributed by atoms with Crippen LogP contribution in [0.2, 0.25) is 0 Å². The lowest BCUT2D eigenvalue weighted by Gasteiger charge is -2.27. The first-order valence-corrected chi connectivity index (χ1v) is 7.79. The maximum Gasteiger partial charge on any atom is 0.251 e. The number of amides is 1. The zero-order valence-electron chi connectivity index (χ0n) is 14.4. The summed E-state index contributed by atoms with van der Waals surface area (Å²) < 4.78 is 0. The number of anilines is 1. The fourth-order valence-corrected chi connectivity index (χ4v) is 2.52. The summed E-state index contributed by atoms with van der Waals surface area (Å²) in [6.45, 7) is 8.53. The minimum Gasteiger partial charge on any atom is -0.387 e. The van der Waals surface area contributed by atoms with Crippen LogP contribution in [-0.2, 0) is 0 Å². The van der Waals surface area contributed by atoms with Gasteiger partial charge in [0.25, 0.3) is 5.91 Å². The standard InChI is InChI=1S/C17H29N3O2/c1-6-20(7-2)15-10-8-14(9-11-15)16(21)18-12-17(3,22)13-19(4)5/h8-11,22H,6-7,12-13H2,1-5H3,(H,18,21). The molecule has 0 saturated heterocycles. The Hall–Kier alpha value is -1.59. The van der Waals surface area contributed by atoms with Crippen molar-refractivity contribution >= 4 is 11.6 Å². The second kappa shape index (κ2) is 8.15. The highest BCUT2D eigenvalue weighted by atomic mass is 16.3. The van der Waals surface area contributed by atoms with E-state index in [0.29, 0.717) is 12.1 Å². The summed E-state index contributed by atoms with van der Waals surface area (Å²) in [7, 11) is 3.78. The number of carbonyl (C=O) groups excluding carboxylic acids is 1. The molecule has 0 bridgehead atoms. The van der Waals surface area contributed by atoms with Gasteiger partial charge in [0.2, 0.25) is 0 Å². The number of nitrogens with one attached hydrogen (secondary N) is 1. The average molecular weight is 307 g/mol. The van der Waals surface area contributed by atoms with Crippen LogP contribution in [0.3, 0.4) is 0 Å². The van der Waals surface area contributed by atoms with Crippen LogP contribution in [0.1, 0.15) is 31.1 Å². The second-order valence-electron chi connectivity index (χ2n) is 6.14. The molecular weight excluding hydrogens is 278 g/mol. The third-order valence-electron chi connectivity index (χ3n) is 3.54. The number of likely N-dealkylation sites (N-methyl/N-ethyl adjacent to an activating group) is 1. The first kappa shape index (κ1) is 18.5. The smallest absolute Gasteiger partial charge is 0.251 e. The zero-order valence-corrected chi connectivity index (χ0v) is 14.4. The van der Waals surface area contributed by atoms with E-state index in [1.807, 2.05) is 43.3 Å². The Morgan fingerprint density at radius 1 is 1.18 bits per heavy atom. The fraction of sp³-hybridized carbons (Fsp3) is 0.588. The van der Waals surface area contributed by atoms with Crippen LogP contribution < -0.4 is 10.2 Å². The monoisotopic (exact) mass is 307 g/mol. The summed E-state index contributed by atoms with van der Waals surface area (Å²) >= 11 is 0. The van der Waals surface area contributed by atoms with Gasteiger partial charge in [-0.1, -0.05) is 0 Å². The fourth-order valence-electron chi connectivity index (χ4n) is 2.52. The molecule has 1 aromatic carbocycles. The van der Waals surface area contributed by atoms with E-state index in [0.717, 1.165) is 18.8 Å². The number of rotatable bonds is 8. The lowest BCUT2D eigenvalue weighted by atomic mass is 10.1. The minimum atomic E-state index is -0.944. The Balaban J connectivity index is 2.63. The van der Waals surface area contributed by atoms with Gasteiger partial charge in [-0.2, -0.15) is 0 Å². The summed E-state index contributed by atoms with van der Waals surface area (Å²) in [6.07, 6.45) is 0. The molecule has 5 heteroatoms. The third kappa shape index (κ3) is 5.66. The molecule has 0 fully saturated rings. The molecule has 0 heterocycles. The Bertz CT molecular complexity index is 465. The highest BCUT2D eigenvalue weighted by Gasteiger charge is 2.22. The summed E-state index contributed by atoms with van der Waals surface area (Å²) in [4.78, 5) is 16.3. The van der Waals surface area contributed by atoms with Crippen molar-refractivity contribution in [3.63, 3.8) is 0 Å². The minimum absolute atomic E-state index is 0.162. The normalized spacial score (nSPS) is 13.8. The molecule has 1 rings (SSSR count). The molecular formula is C17H29N3O2. The van der Waals surface area contributed by atoms with E-state index in [9.17, 15) is 9.90 Å². The number of nitrogens with zero attached hydrogens (tertiary/aromatic N) is 2. The van der Waals surface area contributed by atoms with Crippen LogP contribution in [0.5, 0.6) is 0 Å². The van der Waals surface area contributed by atoms with Gasteiger partial charge in [-0.3, -0.25) is 4.79 Å². The predicted molar refractivity (Wildman–Crippen MR) is 91.5 cm³/mol. The molecule has 0 aliphatic carbocycles. The zero-order chi connectivity index (χ0) is 16.8. The number of hydrogen-bond donors (Lipinski definition) is 2. The largest absolute Gasteiger partial charge is 0.387 e. The quantitative estimate of drug-likeness (QED) is 0.765. The van der Waals surface area contributed by atoms with E-state index in [1.165, 1.54) is 0 Å². The average Bonchev–Trinajstić information content (AvgIpc) is 2.45. The molecule has 1 aromatic rings. The van der Waals surface area contributed by atoms with Gasteiger partial charge in [0, 0.05) is 37.4 Å². The van der Waals surface area contributed by atoms with Gasteiger partial charge in [-0.15, -0.1) is 0 Å². The first-order chi connectivity index (χ1) is 10.3. The van der Waals surface area contributed by atoms with Crippen LogP contribution in [0.4, 0.5) is 5.69 Å². The molecule has 22 heavy (non-hydrogen) atoms. The number of aliphatic hydroxyl groups is 1. The Kier molecular flexibility index (Phi) is 6.84. The van der Waals surface area contributed by atoms with Crippen molar-refractivity contribution in [3.8, 4) is 0 Å². The van der Waals surface area contributed by atoms with Crippen molar-refractivity contribution < 1.29 is 9.90 Å². The van der Waals surface area contributed by atoms with Crippen molar-refractivity contribution in [1.82, 2.24) is 10.2 Å². The molecule has 124 valence electrons. The summed E-state index contributed by atoms with van der Waals surface area (Å²) in [5.74, 6) is -0.162. The van der Waals surface area contributed by atoms with Crippen LogP contribution in [0, 0.1) is 0 Å². The number of benzene rings is 1. The van der Waals surface area contributed by atoms with Gasteiger partial charge in [-0.25, -0.2) is 0 Å². The van der Waals surface area contributed by atoms with Gasteiger partial charge in [-0.05, 0) is 59.1 Å². The van der Waals surface area contributed by atoms with Gasteiger partial charge in [0.15, 0.2) is 0 Å². The second-order valence-corrected chi connectivity index (χ2v) is 6.14. The van der Waals surface area contributed by atoms with Crippen molar-refractivity contribution in [2.45, 2.75) is 26.4 Å². The van der Waals surface area contributed by atoms with Gasteiger partial charge in [0.1, 0.15) is 0 Å². The van der Waals surface area contributed by atoms with Crippen molar-refractivity contribution in [3.05, 3.63) is 29.8 Å². The Morgan fingerprint density at radius 3 is 2.18 bits per heavy atom. The van der Waals surface area contributed by atoms with E-state index in [2.05, 4.69) is 24.1 Å². The maximum absolute atomic E-state index is 12.1. The molecule has 0 spiro atoms. The van der Waals surface area contributed by atoms with Gasteiger partial charge < -0.3 is 20.2 Å². The van der Waals surface area contributed by atoms with E-state index in [-0.39, 0.29) is 12.5 Å². The topological polar surface area (TPSA) is 55.8 Å². The SMILES string of the molecule is CCN(CC)c1ccc(C(=O)NCC(C)(O)CN(C)C)cc1. The molecule has 0 aliphatic heterocycles. The molecule has 1 unspecified atom stereocenters. The lowest BCUT2D eigenvalue weighted by Crippen LogP contribution is -2.47. The van der Waals surface area contributed by atoms with Crippen molar-refractivity contribution in [1.29, 1.82) is 0 Å². The molecule has 1 atom stereocenters. The lowest BCUT2D eigenvalue weighted by molar-refractivity contribution is 0.0326. The Labute approximate surface area is 133 Å². The summed E-state index contributed by atoms with van der Waals surface area (Å²) in [5, 5.41) is 13.0. The molecule has 0 aromatic heterocycles. The maximum atomic E-state index is 12.1. The third-order valence-corrected chi connectivity index (χ3v) is 3.54. The van der Waals surface area contributed by atoms with E-state index in [4.69, 9.17) is 0 Å². The van der Waals surface area contributed by atoms with Crippen molar-refractivity contribution in [2.75, 3.05) is 45.2 Å². The van der Waals surface area contributed by atoms with E-state index in [1.54, 1.807) is 6.92 Å². The van der Waals surface area contributed by atoms with Gasteiger partial charge >= 0.3 is 0 Å². The first-order valence-electron chi connectivity index (χ1n) is 7.79. The Morgan fingerprint density at radius 2 is 1.73 bits per heavy atom. The highest BCUT2D eigenvalue weighted by Crippen LogP contribution is 2.15. The van der Waals surface area contributed by atoms with E-state index < -0.39 is 5.60 Å². The number of carbonyl (C=O) groups is 1. The molecule has 0 saturated carbocycles.